The van der Waals surface area contributed by atoms with Crippen molar-refractivity contribution in [2.45, 2.75) is 6.42 Å². The maximum absolute atomic E-state index is 7.12. The first kappa shape index (κ1) is 13.1. The van der Waals surface area contributed by atoms with Crippen molar-refractivity contribution in [3.63, 3.8) is 0 Å². The van der Waals surface area contributed by atoms with Crippen LogP contribution >= 0.6 is 24.0 Å². The van der Waals surface area contributed by atoms with Crippen molar-refractivity contribution in [3.8, 4) is 0 Å². The summed E-state index contributed by atoms with van der Waals surface area (Å²) in [5.74, 6) is 0. The van der Waals surface area contributed by atoms with Crippen LogP contribution in [-0.2, 0) is 0 Å². The Morgan fingerprint density at radius 2 is 2.19 bits per heavy atom. The van der Waals surface area contributed by atoms with Gasteiger partial charge in [-0.2, -0.15) is 0 Å². The van der Waals surface area contributed by atoms with Crippen molar-refractivity contribution in [2.24, 2.45) is 0 Å². The summed E-state index contributed by atoms with van der Waals surface area (Å²) in [5, 5.41) is 3.88. The fourth-order valence-corrected chi connectivity index (χ4v) is 1.90. The summed E-state index contributed by atoms with van der Waals surface area (Å²) in [5.41, 5.74) is 2.92. The molecule has 0 bridgehead atoms. The Kier molecular flexibility index (Phi) is 4.82. The molecule has 4 heteroatoms. The van der Waals surface area contributed by atoms with Crippen LogP contribution in [0.4, 0.5) is 5.69 Å². The largest absolute Gasteiger partial charge is 0.313 e. The van der Waals surface area contributed by atoms with E-state index < -0.39 is 0 Å². The van der Waals surface area contributed by atoms with Gasteiger partial charge in [0.05, 0.1) is 6.57 Å². The summed E-state index contributed by atoms with van der Waals surface area (Å²) in [6, 6.07) is 5.51. The van der Waals surface area contributed by atoms with Gasteiger partial charge < -0.3 is 5.32 Å². The van der Waals surface area contributed by atoms with Crippen molar-refractivity contribution in [2.75, 3.05) is 13.1 Å². The standard InChI is InChI=1S/C12H11ClN2.ClH/c1-14-12-8-10(13)2-3-11(12)9-4-6-15-7-5-9;/h2-4,8,15H,5-7H2;1H. The lowest BCUT2D eigenvalue weighted by Gasteiger charge is -2.15. The average molecular weight is 255 g/mol. The minimum Gasteiger partial charge on any atom is -0.313 e. The predicted octanol–water partition coefficient (Wildman–Crippen LogP) is 3.69. The van der Waals surface area contributed by atoms with Crippen molar-refractivity contribution in [1.82, 2.24) is 5.32 Å². The highest BCUT2D eigenvalue weighted by Crippen LogP contribution is 2.31. The lowest BCUT2D eigenvalue weighted by atomic mass is 9.99. The molecule has 1 aliphatic heterocycles. The molecule has 2 nitrogen and oxygen atoms in total. The zero-order chi connectivity index (χ0) is 10.7. The van der Waals surface area contributed by atoms with E-state index in [1.54, 1.807) is 6.07 Å². The van der Waals surface area contributed by atoms with Gasteiger partial charge in [0.1, 0.15) is 0 Å². The molecule has 0 unspecified atom stereocenters. The molecule has 0 spiro atoms. The molecule has 2 rings (SSSR count). The average Bonchev–Trinajstić information content (AvgIpc) is 2.30. The Balaban J connectivity index is 0.00000128. The fourth-order valence-electron chi connectivity index (χ4n) is 1.74. The summed E-state index contributed by atoms with van der Waals surface area (Å²) in [6.45, 7) is 8.99. The first-order chi connectivity index (χ1) is 7.31. The number of nitrogens with one attached hydrogen (secondary N) is 1. The van der Waals surface area contributed by atoms with Gasteiger partial charge in [-0.3, -0.25) is 0 Å². The first-order valence-electron chi connectivity index (χ1n) is 4.88. The Bertz CT molecular complexity index is 447. The van der Waals surface area contributed by atoms with Crippen LogP contribution in [0.2, 0.25) is 5.02 Å². The quantitative estimate of drug-likeness (QED) is 0.757. The molecule has 84 valence electrons. The van der Waals surface area contributed by atoms with E-state index in [4.69, 9.17) is 18.2 Å². The molecular weight excluding hydrogens is 243 g/mol. The predicted molar refractivity (Wildman–Crippen MR) is 70.4 cm³/mol. The Morgan fingerprint density at radius 1 is 1.38 bits per heavy atom. The number of rotatable bonds is 1. The third-order valence-electron chi connectivity index (χ3n) is 2.49. The zero-order valence-electron chi connectivity index (χ0n) is 8.66. The van der Waals surface area contributed by atoms with E-state index in [0.717, 1.165) is 25.1 Å². The Labute approximate surface area is 107 Å². The third kappa shape index (κ3) is 2.76. The molecule has 0 fully saturated rings. The van der Waals surface area contributed by atoms with Crippen LogP contribution in [0.3, 0.4) is 0 Å². The summed E-state index contributed by atoms with van der Waals surface area (Å²) >= 11 is 5.86. The van der Waals surface area contributed by atoms with Gasteiger partial charge in [0, 0.05) is 11.6 Å². The van der Waals surface area contributed by atoms with E-state index in [2.05, 4.69) is 16.2 Å². The lowest BCUT2D eigenvalue weighted by Crippen LogP contribution is -2.20. The van der Waals surface area contributed by atoms with Gasteiger partial charge in [0.2, 0.25) is 0 Å². The molecule has 1 aromatic rings. The van der Waals surface area contributed by atoms with E-state index in [1.807, 2.05) is 12.1 Å². The molecule has 1 aromatic carbocycles. The van der Waals surface area contributed by atoms with Crippen LogP contribution in [0.25, 0.3) is 10.4 Å². The summed E-state index contributed by atoms with van der Waals surface area (Å²) in [7, 11) is 0. The molecular formula is C12H12Cl2N2. The molecule has 0 saturated carbocycles. The van der Waals surface area contributed by atoms with Gasteiger partial charge in [-0.15, -0.1) is 12.4 Å². The van der Waals surface area contributed by atoms with Crippen LogP contribution in [-0.4, -0.2) is 13.1 Å². The summed E-state index contributed by atoms with van der Waals surface area (Å²) in [6.07, 6.45) is 3.12. The molecule has 0 radical (unpaired) electrons. The number of hydrogen-bond donors (Lipinski definition) is 1. The number of benzene rings is 1. The van der Waals surface area contributed by atoms with Crippen LogP contribution in [0.15, 0.2) is 24.3 Å². The molecule has 1 heterocycles. The third-order valence-corrected chi connectivity index (χ3v) is 2.73. The fraction of sp³-hybridized carbons (Fsp3) is 0.250. The van der Waals surface area contributed by atoms with E-state index in [0.29, 0.717) is 10.7 Å². The van der Waals surface area contributed by atoms with Gasteiger partial charge in [0.25, 0.3) is 0 Å². The number of halogens is 2. The highest BCUT2D eigenvalue weighted by molar-refractivity contribution is 6.31. The highest BCUT2D eigenvalue weighted by Gasteiger charge is 2.10. The molecule has 0 aliphatic carbocycles. The first-order valence-corrected chi connectivity index (χ1v) is 5.26. The van der Waals surface area contributed by atoms with Gasteiger partial charge in [0.15, 0.2) is 5.69 Å². The van der Waals surface area contributed by atoms with E-state index in [1.165, 1.54) is 5.57 Å². The summed E-state index contributed by atoms with van der Waals surface area (Å²) in [4.78, 5) is 3.51. The maximum Gasteiger partial charge on any atom is 0.196 e. The lowest BCUT2D eigenvalue weighted by molar-refractivity contribution is 0.739. The number of nitrogens with zero attached hydrogens (tertiary/aromatic N) is 1. The minimum absolute atomic E-state index is 0. The number of hydrogen-bond acceptors (Lipinski definition) is 1. The second kappa shape index (κ2) is 5.91. The Hall–Kier alpha value is -1.01. The van der Waals surface area contributed by atoms with Gasteiger partial charge >= 0.3 is 0 Å². The van der Waals surface area contributed by atoms with E-state index in [-0.39, 0.29) is 12.4 Å². The van der Waals surface area contributed by atoms with Crippen molar-refractivity contribution in [1.29, 1.82) is 0 Å². The zero-order valence-corrected chi connectivity index (χ0v) is 10.2. The van der Waals surface area contributed by atoms with Crippen LogP contribution in [0.1, 0.15) is 12.0 Å². The SMILES string of the molecule is Cl.[C-]#[N+]c1cc(Cl)ccc1C1=CCNCC1. The molecule has 1 N–H and O–H groups in total. The normalized spacial score (nSPS) is 14.6. The van der Waals surface area contributed by atoms with Crippen molar-refractivity contribution < 1.29 is 0 Å². The minimum atomic E-state index is 0. The van der Waals surface area contributed by atoms with Crippen LogP contribution in [0, 0.1) is 6.57 Å². The van der Waals surface area contributed by atoms with E-state index >= 15 is 0 Å². The van der Waals surface area contributed by atoms with E-state index in [9.17, 15) is 0 Å². The van der Waals surface area contributed by atoms with Crippen molar-refractivity contribution in [3.05, 3.63) is 46.3 Å². The molecule has 0 saturated heterocycles. The molecule has 16 heavy (non-hydrogen) atoms. The van der Waals surface area contributed by atoms with Crippen LogP contribution < -0.4 is 5.32 Å². The monoisotopic (exact) mass is 254 g/mol. The maximum atomic E-state index is 7.12. The highest BCUT2D eigenvalue weighted by atomic mass is 35.5. The van der Waals surface area contributed by atoms with Crippen LogP contribution in [0.5, 0.6) is 0 Å². The molecule has 0 atom stereocenters. The summed E-state index contributed by atoms with van der Waals surface area (Å²) < 4.78 is 0. The second-order valence-corrected chi connectivity index (χ2v) is 3.89. The van der Waals surface area contributed by atoms with Gasteiger partial charge in [-0.05, 0) is 30.7 Å². The van der Waals surface area contributed by atoms with Gasteiger partial charge in [-0.1, -0.05) is 29.3 Å². The molecule has 1 aliphatic rings. The smallest absolute Gasteiger partial charge is 0.196 e. The molecule has 0 amide bonds. The topological polar surface area (TPSA) is 16.4 Å². The Morgan fingerprint density at radius 3 is 2.81 bits per heavy atom. The second-order valence-electron chi connectivity index (χ2n) is 3.46. The van der Waals surface area contributed by atoms with Crippen molar-refractivity contribution >= 4 is 35.3 Å². The van der Waals surface area contributed by atoms with Gasteiger partial charge in [-0.25, -0.2) is 4.85 Å². The molecule has 0 aromatic heterocycles.